The standard InChI is InChI=1S/C12H17ClN2O/c1-12(2,3)10(14)11(16)15-9-6-4-5-8(13)7-9/h4-7,10H,14H2,1-3H3,(H,15,16)/t10-/m0/s1. The minimum absolute atomic E-state index is 0.199. The molecule has 0 saturated heterocycles. The number of nitrogens with two attached hydrogens (primary N) is 1. The Bertz CT molecular complexity index is 385. The molecule has 0 aliphatic heterocycles. The Morgan fingerprint density at radius 3 is 2.56 bits per heavy atom. The molecule has 0 bridgehead atoms. The lowest BCUT2D eigenvalue weighted by molar-refractivity contribution is -0.119. The van der Waals surface area contributed by atoms with Crippen molar-refractivity contribution in [1.82, 2.24) is 0 Å². The van der Waals surface area contributed by atoms with Gasteiger partial charge in [0.2, 0.25) is 5.91 Å². The molecule has 0 aliphatic rings. The van der Waals surface area contributed by atoms with E-state index in [-0.39, 0.29) is 11.3 Å². The highest BCUT2D eigenvalue weighted by Crippen LogP contribution is 2.20. The van der Waals surface area contributed by atoms with Gasteiger partial charge in [-0.25, -0.2) is 0 Å². The highest BCUT2D eigenvalue weighted by molar-refractivity contribution is 6.30. The van der Waals surface area contributed by atoms with Gasteiger partial charge in [0.05, 0.1) is 6.04 Å². The van der Waals surface area contributed by atoms with E-state index in [9.17, 15) is 4.79 Å². The van der Waals surface area contributed by atoms with Crippen molar-refractivity contribution in [2.45, 2.75) is 26.8 Å². The van der Waals surface area contributed by atoms with Gasteiger partial charge in [-0.15, -0.1) is 0 Å². The van der Waals surface area contributed by atoms with Crippen LogP contribution < -0.4 is 11.1 Å². The molecule has 1 aromatic carbocycles. The van der Waals surface area contributed by atoms with Gasteiger partial charge < -0.3 is 11.1 Å². The molecule has 88 valence electrons. The van der Waals surface area contributed by atoms with E-state index in [4.69, 9.17) is 17.3 Å². The van der Waals surface area contributed by atoms with E-state index in [1.165, 1.54) is 0 Å². The Labute approximate surface area is 101 Å². The molecule has 0 aliphatic carbocycles. The van der Waals surface area contributed by atoms with Crippen molar-refractivity contribution in [2.75, 3.05) is 5.32 Å². The SMILES string of the molecule is CC(C)(C)[C@@H](N)C(=O)Nc1cccc(Cl)c1. The third-order valence-electron chi connectivity index (χ3n) is 2.31. The summed E-state index contributed by atoms with van der Waals surface area (Å²) in [5, 5.41) is 3.33. The van der Waals surface area contributed by atoms with Crippen LogP contribution in [-0.2, 0) is 4.79 Å². The fourth-order valence-electron chi connectivity index (χ4n) is 1.18. The number of carbonyl (C=O) groups excluding carboxylic acids is 1. The number of benzene rings is 1. The normalized spacial score (nSPS) is 13.3. The van der Waals surface area contributed by atoms with Gasteiger partial charge in [0.25, 0.3) is 0 Å². The Morgan fingerprint density at radius 2 is 2.06 bits per heavy atom. The lowest BCUT2D eigenvalue weighted by Crippen LogP contribution is -2.45. The number of halogens is 1. The molecule has 0 heterocycles. The minimum atomic E-state index is -0.550. The first-order valence-electron chi connectivity index (χ1n) is 5.13. The van der Waals surface area contributed by atoms with Crippen molar-refractivity contribution in [1.29, 1.82) is 0 Å². The Morgan fingerprint density at radius 1 is 1.44 bits per heavy atom. The number of carbonyl (C=O) groups is 1. The molecule has 3 N–H and O–H groups in total. The number of amides is 1. The van der Waals surface area contributed by atoms with Crippen LogP contribution in [0.5, 0.6) is 0 Å². The first kappa shape index (κ1) is 13.0. The highest BCUT2D eigenvalue weighted by Gasteiger charge is 2.27. The summed E-state index contributed by atoms with van der Waals surface area (Å²) in [4.78, 5) is 11.8. The van der Waals surface area contributed by atoms with E-state index in [0.29, 0.717) is 10.7 Å². The van der Waals surface area contributed by atoms with Crippen molar-refractivity contribution in [3.8, 4) is 0 Å². The Hall–Kier alpha value is -1.06. The quantitative estimate of drug-likeness (QED) is 0.835. The third-order valence-corrected chi connectivity index (χ3v) is 2.54. The van der Waals surface area contributed by atoms with Crippen LogP contribution >= 0.6 is 11.6 Å². The highest BCUT2D eigenvalue weighted by atomic mass is 35.5. The van der Waals surface area contributed by atoms with Crippen LogP contribution in [0.3, 0.4) is 0 Å². The first-order chi connectivity index (χ1) is 7.30. The molecule has 1 atom stereocenters. The monoisotopic (exact) mass is 240 g/mol. The maximum absolute atomic E-state index is 11.8. The summed E-state index contributed by atoms with van der Waals surface area (Å²) in [6.07, 6.45) is 0. The summed E-state index contributed by atoms with van der Waals surface area (Å²) in [5.74, 6) is -0.199. The molecule has 1 rings (SSSR count). The van der Waals surface area contributed by atoms with Crippen LogP contribution in [0.1, 0.15) is 20.8 Å². The lowest BCUT2D eigenvalue weighted by Gasteiger charge is -2.25. The summed E-state index contributed by atoms with van der Waals surface area (Å²) in [6, 6.07) is 6.45. The molecule has 0 saturated carbocycles. The fraction of sp³-hybridized carbons (Fsp3) is 0.417. The number of rotatable bonds is 2. The number of anilines is 1. The molecule has 16 heavy (non-hydrogen) atoms. The zero-order valence-electron chi connectivity index (χ0n) is 9.75. The molecule has 0 radical (unpaired) electrons. The summed E-state index contributed by atoms with van der Waals surface area (Å²) < 4.78 is 0. The zero-order valence-corrected chi connectivity index (χ0v) is 10.5. The average Bonchev–Trinajstić information content (AvgIpc) is 2.15. The zero-order chi connectivity index (χ0) is 12.3. The predicted molar refractivity (Wildman–Crippen MR) is 67.5 cm³/mol. The molecular weight excluding hydrogens is 224 g/mol. The molecule has 3 nitrogen and oxygen atoms in total. The topological polar surface area (TPSA) is 55.1 Å². The summed E-state index contributed by atoms with van der Waals surface area (Å²) in [5.41, 5.74) is 6.24. The van der Waals surface area contributed by atoms with Crippen molar-refractivity contribution >= 4 is 23.2 Å². The largest absolute Gasteiger partial charge is 0.325 e. The van der Waals surface area contributed by atoms with Gasteiger partial charge in [-0.1, -0.05) is 38.4 Å². The molecule has 0 aromatic heterocycles. The van der Waals surface area contributed by atoms with Crippen LogP contribution in [0.25, 0.3) is 0 Å². The second-order valence-electron chi connectivity index (χ2n) is 4.84. The van der Waals surface area contributed by atoms with Crippen LogP contribution in [-0.4, -0.2) is 11.9 Å². The molecule has 0 spiro atoms. The second kappa shape index (κ2) is 4.85. The molecule has 1 aromatic rings. The van der Waals surface area contributed by atoms with E-state index in [0.717, 1.165) is 0 Å². The van der Waals surface area contributed by atoms with Crippen LogP contribution in [0.2, 0.25) is 5.02 Å². The van der Waals surface area contributed by atoms with Crippen LogP contribution in [0.15, 0.2) is 24.3 Å². The maximum atomic E-state index is 11.8. The Kier molecular flexibility index (Phi) is 3.94. The van der Waals surface area contributed by atoms with E-state index in [1.54, 1.807) is 24.3 Å². The van der Waals surface area contributed by atoms with Gasteiger partial charge in [-0.05, 0) is 23.6 Å². The summed E-state index contributed by atoms with van der Waals surface area (Å²) >= 11 is 5.82. The van der Waals surface area contributed by atoms with Crippen molar-refractivity contribution in [2.24, 2.45) is 11.1 Å². The van der Waals surface area contributed by atoms with Gasteiger partial charge in [0, 0.05) is 10.7 Å². The van der Waals surface area contributed by atoms with E-state index in [2.05, 4.69) is 5.32 Å². The Balaban J connectivity index is 2.72. The van der Waals surface area contributed by atoms with E-state index in [1.807, 2.05) is 20.8 Å². The van der Waals surface area contributed by atoms with Gasteiger partial charge in [-0.2, -0.15) is 0 Å². The molecule has 4 heteroatoms. The average molecular weight is 241 g/mol. The van der Waals surface area contributed by atoms with Crippen LogP contribution in [0, 0.1) is 5.41 Å². The van der Waals surface area contributed by atoms with Gasteiger partial charge in [0.15, 0.2) is 0 Å². The molecule has 0 unspecified atom stereocenters. The van der Waals surface area contributed by atoms with Crippen molar-refractivity contribution < 1.29 is 4.79 Å². The second-order valence-corrected chi connectivity index (χ2v) is 5.28. The number of hydrogen-bond donors (Lipinski definition) is 2. The summed E-state index contributed by atoms with van der Waals surface area (Å²) in [7, 11) is 0. The fourth-order valence-corrected chi connectivity index (χ4v) is 1.37. The number of hydrogen-bond acceptors (Lipinski definition) is 2. The number of nitrogens with one attached hydrogen (secondary N) is 1. The molecule has 0 fully saturated rings. The molecular formula is C12H17ClN2O. The first-order valence-corrected chi connectivity index (χ1v) is 5.50. The minimum Gasteiger partial charge on any atom is -0.325 e. The van der Waals surface area contributed by atoms with Crippen molar-refractivity contribution in [3.63, 3.8) is 0 Å². The van der Waals surface area contributed by atoms with Gasteiger partial charge in [-0.3, -0.25) is 4.79 Å². The lowest BCUT2D eigenvalue weighted by atomic mass is 9.87. The smallest absolute Gasteiger partial charge is 0.241 e. The van der Waals surface area contributed by atoms with Crippen molar-refractivity contribution in [3.05, 3.63) is 29.3 Å². The maximum Gasteiger partial charge on any atom is 0.241 e. The van der Waals surface area contributed by atoms with Gasteiger partial charge in [0.1, 0.15) is 0 Å². The summed E-state index contributed by atoms with van der Waals surface area (Å²) in [6.45, 7) is 5.78. The van der Waals surface area contributed by atoms with Gasteiger partial charge >= 0.3 is 0 Å². The van der Waals surface area contributed by atoms with E-state index >= 15 is 0 Å². The third kappa shape index (κ3) is 3.51. The van der Waals surface area contributed by atoms with Crippen LogP contribution in [0.4, 0.5) is 5.69 Å². The van der Waals surface area contributed by atoms with E-state index < -0.39 is 6.04 Å². The predicted octanol–water partition coefficient (Wildman–Crippen LogP) is 2.65. The molecule has 1 amide bonds.